The molecule has 0 aromatic carbocycles. The van der Waals surface area contributed by atoms with Crippen LogP contribution in [0.1, 0.15) is 27.0 Å². The second kappa shape index (κ2) is 7.25. The van der Waals surface area contributed by atoms with Gasteiger partial charge in [-0.3, -0.25) is 9.69 Å². The van der Waals surface area contributed by atoms with Crippen LogP contribution in [0.25, 0.3) is 0 Å². The molecule has 124 valence electrons. The van der Waals surface area contributed by atoms with Crippen molar-refractivity contribution in [3.05, 3.63) is 39.7 Å². The molecule has 2 aromatic heterocycles. The monoisotopic (exact) mass is 335 g/mol. The lowest BCUT2D eigenvalue weighted by Crippen LogP contribution is -2.35. The summed E-state index contributed by atoms with van der Waals surface area (Å²) in [6, 6.07) is 3.50. The van der Waals surface area contributed by atoms with E-state index in [1.165, 1.54) is 0 Å². The molecule has 0 atom stereocenters. The topological polar surface area (TPSA) is 58.8 Å². The highest BCUT2D eigenvalue weighted by Gasteiger charge is 2.17. The van der Waals surface area contributed by atoms with Gasteiger partial charge in [-0.05, 0) is 19.1 Å². The van der Waals surface area contributed by atoms with Gasteiger partial charge in [-0.1, -0.05) is 0 Å². The summed E-state index contributed by atoms with van der Waals surface area (Å²) in [6.45, 7) is 6.64. The van der Waals surface area contributed by atoms with Crippen LogP contribution in [0.15, 0.2) is 21.9 Å². The molecule has 3 heterocycles. The molecule has 7 heteroatoms. The first-order valence-corrected chi connectivity index (χ1v) is 8.55. The van der Waals surface area contributed by atoms with Gasteiger partial charge in [-0.25, -0.2) is 4.98 Å². The van der Waals surface area contributed by atoms with Crippen molar-refractivity contribution in [2.24, 2.45) is 0 Å². The Kier molecular flexibility index (Phi) is 5.09. The lowest BCUT2D eigenvalue weighted by Gasteiger charge is -2.25. The van der Waals surface area contributed by atoms with E-state index in [0.29, 0.717) is 12.3 Å². The molecule has 0 spiro atoms. The maximum absolute atomic E-state index is 12.3. The molecule has 1 amide bonds. The van der Waals surface area contributed by atoms with Crippen molar-refractivity contribution in [1.82, 2.24) is 14.8 Å². The third-order valence-electron chi connectivity index (χ3n) is 3.76. The van der Waals surface area contributed by atoms with Crippen LogP contribution in [0.4, 0.5) is 0 Å². The number of thiazole rings is 1. The van der Waals surface area contributed by atoms with Gasteiger partial charge in [0, 0.05) is 25.5 Å². The van der Waals surface area contributed by atoms with E-state index < -0.39 is 0 Å². The number of ether oxygens (including phenoxy) is 1. The van der Waals surface area contributed by atoms with Gasteiger partial charge in [0.15, 0.2) is 5.76 Å². The van der Waals surface area contributed by atoms with Crippen molar-refractivity contribution < 1.29 is 13.9 Å². The molecular weight excluding hydrogens is 314 g/mol. The van der Waals surface area contributed by atoms with Crippen molar-refractivity contribution in [1.29, 1.82) is 0 Å². The summed E-state index contributed by atoms with van der Waals surface area (Å²) in [5.74, 6) is 0.984. The fraction of sp³-hybridized carbons (Fsp3) is 0.500. The second-order valence-electron chi connectivity index (χ2n) is 5.69. The minimum absolute atomic E-state index is 0.124. The van der Waals surface area contributed by atoms with Crippen LogP contribution < -0.4 is 0 Å². The lowest BCUT2D eigenvalue weighted by molar-refractivity contribution is 0.0341. The summed E-state index contributed by atoms with van der Waals surface area (Å²) in [5, 5.41) is 3.10. The molecule has 0 aliphatic carbocycles. The fourth-order valence-corrected chi connectivity index (χ4v) is 3.32. The normalized spacial score (nSPS) is 15.7. The first kappa shape index (κ1) is 16.2. The third-order valence-corrected chi connectivity index (χ3v) is 4.64. The highest BCUT2D eigenvalue weighted by Crippen LogP contribution is 2.16. The zero-order chi connectivity index (χ0) is 16.2. The molecule has 1 fully saturated rings. The van der Waals surface area contributed by atoms with Crippen LogP contribution in [-0.4, -0.2) is 54.0 Å². The van der Waals surface area contributed by atoms with Crippen molar-refractivity contribution in [2.45, 2.75) is 20.0 Å². The van der Waals surface area contributed by atoms with E-state index in [1.807, 2.05) is 12.3 Å². The Morgan fingerprint density at radius 2 is 2.17 bits per heavy atom. The van der Waals surface area contributed by atoms with Crippen molar-refractivity contribution >= 4 is 17.2 Å². The van der Waals surface area contributed by atoms with E-state index in [-0.39, 0.29) is 5.91 Å². The lowest BCUT2D eigenvalue weighted by atomic mass is 10.3. The minimum Gasteiger partial charge on any atom is -0.456 e. The van der Waals surface area contributed by atoms with E-state index in [1.54, 1.807) is 35.4 Å². The predicted octanol–water partition coefficient (Wildman–Crippen LogP) is 2.15. The van der Waals surface area contributed by atoms with Crippen LogP contribution in [0.5, 0.6) is 0 Å². The second-order valence-corrected chi connectivity index (χ2v) is 6.64. The Balaban J connectivity index is 1.56. The number of carbonyl (C=O) groups excluding carboxylic acids is 1. The van der Waals surface area contributed by atoms with E-state index in [0.717, 1.165) is 49.3 Å². The quantitative estimate of drug-likeness (QED) is 0.838. The number of hydrogen-bond acceptors (Lipinski definition) is 6. The van der Waals surface area contributed by atoms with Gasteiger partial charge >= 0.3 is 0 Å². The number of aromatic nitrogens is 1. The molecule has 6 nitrogen and oxygen atoms in total. The maximum atomic E-state index is 12.3. The van der Waals surface area contributed by atoms with Crippen LogP contribution >= 0.6 is 11.3 Å². The number of carbonyl (C=O) groups is 1. The highest BCUT2D eigenvalue weighted by atomic mass is 32.1. The molecule has 23 heavy (non-hydrogen) atoms. The Labute approximate surface area is 139 Å². The van der Waals surface area contributed by atoms with Gasteiger partial charge in [-0.15, -0.1) is 11.3 Å². The number of aryl methyl sites for hydroxylation is 1. The van der Waals surface area contributed by atoms with Gasteiger partial charge in [0.05, 0.1) is 32.0 Å². The smallest absolute Gasteiger partial charge is 0.289 e. The van der Waals surface area contributed by atoms with Gasteiger partial charge in [-0.2, -0.15) is 0 Å². The Hall–Kier alpha value is -1.70. The van der Waals surface area contributed by atoms with Gasteiger partial charge in [0.25, 0.3) is 5.91 Å². The molecule has 0 bridgehead atoms. The van der Waals surface area contributed by atoms with Crippen molar-refractivity contribution in [2.75, 3.05) is 33.4 Å². The Bertz CT molecular complexity index is 661. The molecule has 1 aliphatic heterocycles. The first-order chi connectivity index (χ1) is 11.1. The number of rotatable bonds is 5. The molecule has 2 aromatic rings. The molecule has 1 aliphatic rings. The van der Waals surface area contributed by atoms with Crippen LogP contribution in [0.2, 0.25) is 0 Å². The highest BCUT2D eigenvalue weighted by molar-refractivity contribution is 7.09. The van der Waals surface area contributed by atoms with Gasteiger partial charge in [0.1, 0.15) is 10.8 Å². The Morgan fingerprint density at radius 3 is 2.87 bits per heavy atom. The number of nitrogens with zero attached hydrogens (tertiary/aromatic N) is 3. The molecule has 0 unspecified atom stereocenters. The van der Waals surface area contributed by atoms with E-state index in [9.17, 15) is 4.79 Å². The van der Waals surface area contributed by atoms with E-state index in [2.05, 4.69) is 9.88 Å². The van der Waals surface area contributed by atoms with Gasteiger partial charge < -0.3 is 14.1 Å². The zero-order valence-corrected chi connectivity index (χ0v) is 14.3. The van der Waals surface area contributed by atoms with Crippen LogP contribution in [0, 0.1) is 6.92 Å². The fourth-order valence-electron chi connectivity index (χ4n) is 2.50. The van der Waals surface area contributed by atoms with Crippen LogP contribution in [-0.2, 0) is 17.8 Å². The summed E-state index contributed by atoms with van der Waals surface area (Å²) in [5.41, 5.74) is 0.914. The standard InChI is InChI=1S/C16H21N3O3S/c1-12-3-4-14(22-12)16(20)18(2)9-13-11-23-15(17-13)10-19-5-7-21-8-6-19/h3-4,11H,5-10H2,1-2H3. The number of amides is 1. The van der Waals surface area contributed by atoms with Crippen LogP contribution in [0.3, 0.4) is 0 Å². The predicted molar refractivity (Wildman–Crippen MR) is 87.5 cm³/mol. The first-order valence-electron chi connectivity index (χ1n) is 7.67. The largest absolute Gasteiger partial charge is 0.456 e. The Morgan fingerprint density at radius 1 is 1.39 bits per heavy atom. The molecule has 0 radical (unpaired) electrons. The zero-order valence-electron chi connectivity index (χ0n) is 13.4. The average Bonchev–Trinajstić information content (AvgIpc) is 3.17. The summed E-state index contributed by atoms with van der Waals surface area (Å²) >= 11 is 1.64. The molecular formula is C16H21N3O3S. The molecule has 1 saturated heterocycles. The molecule has 3 rings (SSSR count). The SMILES string of the molecule is Cc1ccc(C(=O)N(C)Cc2csc(CN3CCOCC3)n2)o1. The van der Waals surface area contributed by atoms with Crippen molar-refractivity contribution in [3.8, 4) is 0 Å². The summed E-state index contributed by atoms with van der Waals surface area (Å²) in [7, 11) is 1.77. The maximum Gasteiger partial charge on any atom is 0.289 e. The molecule has 0 saturated carbocycles. The summed E-state index contributed by atoms with van der Waals surface area (Å²) in [6.07, 6.45) is 0. The summed E-state index contributed by atoms with van der Waals surface area (Å²) in [4.78, 5) is 20.9. The van der Waals surface area contributed by atoms with E-state index >= 15 is 0 Å². The number of hydrogen-bond donors (Lipinski definition) is 0. The van der Waals surface area contributed by atoms with Gasteiger partial charge in [0.2, 0.25) is 0 Å². The summed E-state index contributed by atoms with van der Waals surface area (Å²) < 4.78 is 10.7. The number of furan rings is 1. The minimum atomic E-state index is -0.124. The average molecular weight is 335 g/mol. The van der Waals surface area contributed by atoms with E-state index in [4.69, 9.17) is 9.15 Å². The third kappa shape index (κ3) is 4.19. The van der Waals surface area contributed by atoms with Crippen molar-refractivity contribution in [3.63, 3.8) is 0 Å². The number of morpholine rings is 1. The molecule has 0 N–H and O–H groups in total.